The van der Waals surface area contributed by atoms with Crippen LogP contribution in [0.3, 0.4) is 0 Å². The number of hydrogen-bond donors (Lipinski definition) is 1. The van der Waals surface area contributed by atoms with E-state index < -0.39 is 0 Å². The number of nitrogens with one attached hydrogen (secondary N) is 1. The second-order valence-electron chi connectivity index (χ2n) is 5.07. The number of carbonyl (C=O) groups excluding carboxylic acids is 2. The molecule has 4 heteroatoms. The molecule has 0 aliphatic heterocycles. The zero-order valence-corrected chi connectivity index (χ0v) is 11.4. The van der Waals surface area contributed by atoms with Crippen molar-refractivity contribution in [3.05, 3.63) is 29.8 Å². The number of anilines is 1. The minimum atomic E-state index is -0.296. The summed E-state index contributed by atoms with van der Waals surface area (Å²) in [4.78, 5) is 23.5. The van der Waals surface area contributed by atoms with E-state index in [4.69, 9.17) is 4.74 Å². The van der Waals surface area contributed by atoms with Crippen LogP contribution in [0.15, 0.2) is 24.3 Å². The molecule has 4 nitrogen and oxygen atoms in total. The highest BCUT2D eigenvalue weighted by Crippen LogP contribution is 2.38. The van der Waals surface area contributed by atoms with E-state index in [-0.39, 0.29) is 17.3 Å². The lowest BCUT2D eigenvalue weighted by molar-refractivity contribution is -0.129. The summed E-state index contributed by atoms with van der Waals surface area (Å²) in [7, 11) is 1.65. The van der Waals surface area contributed by atoms with E-state index in [2.05, 4.69) is 5.32 Å². The summed E-state index contributed by atoms with van der Waals surface area (Å²) < 4.78 is 5.43. The first-order valence-corrected chi connectivity index (χ1v) is 6.51. The third-order valence-electron chi connectivity index (χ3n) is 3.76. The summed E-state index contributed by atoms with van der Waals surface area (Å²) in [6.07, 6.45) is 3.29. The number of methoxy groups -OCH3 is 1. The highest BCUT2D eigenvalue weighted by Gasteiger charge is 2.39. The number of benzene rings is 1. The van der Waals surface area contributed by atoms with Crippen molar-refractivity contribution in [2.24, 2.45) is 0 Å². The second-order valence-corrected chi connectivity index (χ2v) is 5.07. The summed E-state index contributed by atoms with van der Waals surface area (Å²) in [5.74, 6) is -0.156. The van der Waals surface area contributed by atoms with Gasteiger partial charge < -0.3 is 10.1 Å². The number of rotatable bonds is 5. The second kappa shape index (κ2) is 5.53. The van der Waals surface area contributed by atoms with E-state index in [1.807, 2.05) is 0 Å². The molecule has 1 saturated carbocycles. The Bertz CT molecular complexity index is 486. The van der Waals surface area contributed by atoms with E-state index in [1.54, 1.807) is 31.4 Å². The predicted molar refractivity (Wildman–Crippen MR) is 73.3 cm³/mol. The molecule has 0 aromatic heterocycles. The van der Waals surface area contributed by atoms with E-state index in [0.29, 0.717) is 17.7 Å². The Kier molecular flexibility index (Phi) is 4.00. The van der Waals surface area contributed by atoms with Gasteiger partial charge in [0.15, 0.2) is 5.78 Å². The van der Waals surface area contributed by atoms with Gasteiger partial charge in [0.2, 0.25) is 5.91 Å². The molecule has 0 atom stereocenters. The maximum atomic E-state index is 12.1. The number of ketones is 1. The molecular weight excluding hydrogens is 242 g/mol. The largest absolute Gasteiger partial charge is 0.378 e. The lowest BCUT2D eigenvalue weighted by Gasteiger charge is -2.39. The molecule has 0 saturated heterocycles. The van der Waals surface area contributed by atoms with Crippen molar-refractivity contribution in [3.8, 4) is 0 Å². The summed E-state index contributed by atoms with van der Waals surface area (Å²) in [5, 5.41) is 2.81. The average molecular weight is 261 g/mol. The van der Waals surface area contributed by atoms with E-state index in [0.717, 1.165) is 19.3 Å². The molecule has 0 bridgehead atoms. The fourth-order valence-corrected chi connectivity index (χ4v) is 2.41. The molecule has 1 aromatic carbocycles. The zero-order chi connectivity index (χ0) is 13.9. The van der Waals surface area contributed by atoms with Crippen molar-refractivity contribution in [1.82, 2.24) is 0 Å². The number of hydrogen-bond acceptors (Lipinski definition) is 3. The first-order chi connectivity index (χ1) is 9.06. The van der Waals surface area contributed by atoms with Crippen LogP contribution >= 0.6 is 0 Å². The van der Waals surface area contributed by atoms with E-state index in [1.165, 1.54) is 6.92 Å². The van der Waals surface area contributed by atoms with Gasteiger partial charge in [-0.25, -0.2) is 0 Å². The maximum Gasteiger partial charge on any atom is 0.227 e. The van der Waals surface area contributed by atoms with Gasteiger partial charge in [0.1, 0.15) is 0 Å². The molecule has 1 aliphatic rings. The van der Waals surface area contributed by atoms with Crippen molar-refractivity contribution < 1.29 is 14.3 Å². The molecule has 0 spiro atoms. The molecule has 102 valence electrons. The van der Waals surface area contributed by atoms with Gasteiger partial charge in [-0.2, -0.15) is 0 Å². The number of ether oxygens (including phenoxy) is 1. The average Bonchev–Trinajstić information content (AvgIpc) is 2.34. The van der Waals surface area contributed by atoms with Crippen molar-refractivity contribution >= 4 is 17.4 Å². The van der Waals surface area contributed by atoms with Gasteiger partial charge in [-0.05, 0) is 38.3 Å². The minimum Gasteiger partial charge on any atom is -0.378 e. The van der Waals surface area contributed by atoms with Crippen LogP contribution in [0.1, 0.15) is 43.0 Å². The van der Waals surface area contributed by atoms with E-state index in [9.17, 15) is 9.59 Å². The van der Waals surface area contributed by atoms with Gasteiger partial charge in [-0.3, -0.25) is 9.59 Å². The predicted octanol–water partition coefficient (Wildman–Crippen LogP) is 2.79. The van der Waals surface area contributed by atoms with Crippen LogP contribution in [0.2, 0.25) is 0 Å². The third kappa shape index (κ3) is 3.01. The van der Waals surface area contributed by atoms with Crippen LogP contribution in [-0.4, -0.2) is 24.4 Å². The molecule has 1 aliphatic carbocycles. The van der Waals surface area contributed by atoms with Gasteiger partial charge in [0.25, 0.3) is 0 Å². The number of carbonyl (C=O) groups is 2. The molecule has 0 heterocycles. The smallest absolute Gasteiger partial charge is 0.227 e. The Morgan fingerprint density at radius 3 is 2.53 bits per heavy atom. The van der Waals surface area contributed by atoms with Crippen LogP contribution in [0, 0.1) is 0 Å². The fraction of sp³-hybridized carbons (Fsp3) is 0.467. The van der Waals surface area contributed by atoms with Crippen molar-refractivity contribution in [1.29, 1.82) is 0 Å². The Labute approximate surface area is 113 Å². The van der Waals surface area contributed by atoms with Gasteiger partial charge in [0.05, 0.1) is 17.7 Å². The fourth-order valence-electron chi connectivity index (χ4n) is 2.41. The Hall–Kier alpha value is -1.68. The topological polar surface area (TPSA) is 55.4 Å². The molecule has 1 amide bonds. The lowest BCUT2D eigenvalue weighted by Crippen LogP contribution is -2.42. The summed E-state index contributed by atoms with van der Waals surface area (Å²) in [6.45, 7) is 1.49. The molecule has 0 unspecified atom stereocenters. The highest BCUT2D eigenvalue weighted by atomic mass is 16.5. The molecule has 1 fully saturated rings. The third-order valence-corrected chi connectivity index (χ3v) is 3.76. The lowest BCUT2D eigenvalue weighted by atomic mass is 9.77. The minimum absolute atomic E-state index is 0.0546. The Balaban J connectivity index is 2.05. The maximum absolute atomic E-state index is 12.1. The van der Waals surface area contributed by atoms with Gasteiger partial charge in [0, 0.05) is 12.7 Å². The van der Waals surface area contributed by atoms with Crippen LogP contribution in [0.5, 0.6) is 0 Å². The summed E-state index contributed by atoms with van der Waals surface area (Å²) in [5.41, 5.74) is 0.816. The Morgan fingerprint density at radius 2 is 2.00 bits per heavy atom. The Morgan fingerprint density at radius 1 is 1.32 bits per heavy atom. The SMILES string of the molecule is COC1(CC(=O)Nc2ccccc2C(C)=O)CCC1. The van der Waals surface area contributed by atoms with Crippen molar-refractivity contribution in [3.63, 3.8) is 0 Å². The van der Waals surface area contributed by atoms with Crippen LogP contribution in [-0.2, 0) is 9.53 Å². The van der Waals surface area contributed by atoms with Crippen LogP contribution < -0.4 is 5.32 Å². The molecule has 1 aromatic rings. The first-order valence-electron chi connectivity index (χ1n) is 6.51. The van der Waals surface area contributed by atoms with Crippen LogP contribution in [0.25, 0.3) is 0 Å². The summed E-state index contributed by atoms with van der Waals surface area (Å²) in [6, 6.07) is 7.05. The van der Waals surface area contributed by atoms with Gasteiger partial charge in [-0.1, -0.05) is 12.1 Å². The molecule has 2 rings (SSSR count). The summed E-state index contributed by atoms with van der Waals surface area (Å²) >= 11 is 0. The quantitative estimate of drug-likeness (QED) is 0.829. The first kappa shape index (κ1) is 13.7. The normalized spacial score (nSPS) is 16.5. The monoisotopic (exact) mass is 261 g/mol. The number of Topliss-reactive ketones (excluding diaryl/α,β-unsaturated/α-hetero) is 1. The number of amides is 1. The van der Waals surface area contributed by atoms with Crippen LogP contribution in [0.4, 0.5) is 5.69 Å². The molecular formula is C15H19NO3. The van der Waals surface area contributed by atoms with Crippen molar-refractivity contribution in [2.75, 3.05) is 12.4 Å². The zero-order valence-electron chi connectivity index (χ0n) is 11.4. The van der Waals surface area contributed by atoms with Crippen molar-refractivity contribution in [2.45, 2.75) is 38.2 Å². The van der Waals surface area contributed by atoms with Gasteiger partial charge in [-0.15, -0.1) is 0 Å². The standard InChI is InChI=1S/C15H19NO3/c1-11(17)12-6-3-4-7-13(12)16-14(18)10-15(19-2)8-5-9-15/h3-4,6-7H,5,8-10H2,1-2H3,(H,16,18). The van der Waals surface area contributed by atoms with E-state index >= 15 is 0 Å². The molecule has 1 N–H and O–H groups in total. The van der Waals surface area contributed by atoms with Gasteiger partial charge >= 0.3 is 0 Å². The number of para-hydroxylation sites is 1. The molecule has 19 heavy (non-hydrogen) atoms. The molecule has 0 radical (unpaired) electrons. The highest BCUT2D eigenvalue weighted by molar-refractivity contribution is 6.03.